The first kappa shape index (κ1) is 34.0. The van der Waals surface area contributed by atoms with Crippen LogP contribution >= 0.6 is 28.3 Å². The van der Waals surface area contributed by atoms with E-state index in [9.17, 15) is 10.2 Å². The molecule has 0 aromatic heterocycles. The molecule has 7 heteroatoms. The topological polar surface area (TPSA) is 57.5 Å². The molecule has 0 aliphatic heterocycles. The van der Waals surface area contributed by atoms with E-state index >= 15 is 0 Å². The van der Waals surface area contributed by atoms with Gasteiger partial charge in [0.05, 0.1) is 0 Å². The van der Waals surface area contributed by atoms with Gasteiger partial charge in [0.25, 0.3) is 0 Å². The Kier molecular flexibility index (Phi) is 14.4. The van der Waals surface area contributed by atoms with E-state index in [1.54, 1.807) is 12.1 Å². The van der Waals surface area contributed by atoms with Crippen LogP contribution in [0.3, 0.4) is 0 Å². The Labute approximate surface area is 272 Å². The molecule has 0 aliphatic carbocycles. The normalized spacial score (nSPS) is 9.98. The zero-order chi connectivity index (χ0) is 29.6. The number of rotatable bonds is 6. The first-order valence-corrected chi connectivity index (χ1v) is 17.2. The summed E-state index contributed by atoms with van der Waals surface area (Å²) in [5.74, 6) is 0.767. The van der Waals surface area contributed by atoms with Gasteiger partial charge in [-0.05, 0) is 72.8 Å². The summed E-state index contributed by atoms with van der Waals surface area (Å²) in [6.07, 6.45) is 0. The van der Waals surface area contributed by atoms with E-state index in [-0.39, 0.29) is 12.4 Å². The predicted octanol–water partition coefficient (Wildman–Crippen LogP) is 6.07. The van der Waals surface area contributed by atoms with Gasteiger partial charge in [-0.15, -0.1) is 12.4 Å². The molecule has 0 spiro atoms. The van der Waals surface area contributed by atoms with Crippen LogP contribution < -0.4 is 31.8 Å². The number of hydrogen-bond acceptors (Lipinski definition) is 3. The van der Waals surface area contributed by atoms with Gasteiger partial charge in [0.2, 0.25) is 0 Å². The van der Waals surface area contributed by atoms with Crippen molar-refractivity contribution in [2.75, 3.05) is 0 Å². The molecule has 0 unspecified atom stereocenters. The molecule has 43 heavy (non-hydrogen) atoms. The predicted molar refractivity (Wildman–Crippen MR) is 184 cm³/mol. The second-order valence-electron chi connectivity index (χ2n) is 9.25. The molecular weight excluding hydrogens is 677 g/mol. The Morgan fingerprint density at radius 2 is 0.558 bits per heavy atom. The fourth-order valence-corrected chi connectivity index (χ4v) is 9.96. The molecule has 3 nitrogen and oxygen atoms in total. The third kappa shape index (κ3) is 9.25. The third-order valence-electron chi connectivity index (χ3n) is 6.60. The Morgan fingerprint density at radius 1 is 0.349 bits per heavy atom. The van der Waals surface area contributed by atoms with E-state index < -0.39 is 15.8 Å². The summed E-state index contributed by atoms with van der Waals surface area (Å²) >= 11 is 0.900. The van der Waals surface area contributed by atoms with Crippen LogP contribution in [-0.2, 0) is 22.4 Å². The summed E-state index contributed by atoms with van der Waals surface area (Å²) in [5.41, 5.74) is 0. The molecule has 0 atom stereocenters. The van der Waals surface area contributed by atoms with Crippen LogP contribution in [0.5, 0.6) is 11.5 Å². The second kappa shape index (κ2) is 18.2. The van der Waals surface area contributed by atoms with Crippen molar-refractivity contribution in [2.45, 2.75) is 0 Å². The summed E-state index contributed by atoms with van der Waals surface area (Å²) in [5, 5.41) is 27.7. The quantitative estimate of drug-likeness (QED) is 0.207. The summed E-state index contributed by atoms with van der Waals surface area (Å²) in [6.45, 7) is 0. The van der Waals surface area contributed by atoms with Crippen LogP contribution in [0, 0.1) is 0 Å². The van der Waals surface area contributed by atoms with E-state index in [1.165, 1.54) is 21.2 Å². The molecule has 6 rings (SSSR count). The first-order valence-electron chi connectivity index (χ1n) is 13.4. The third-order valence-corrected chi connectivity index (χ3v) is 12.2. The van der Waals surface area contributed by atoms with Crippen molar-refractivity contribution in [3.63, 3.8) is 0 Å². The standard InChI is InChI=1S/2C18H15OP.ClH.O.Tc/c2*19-17-13-7-8-14-18(17)20(15-9-3-1-4-10-15)16-11-5-2-6-12-16;;;/h2*1-14,19H;1H;;/q;;;;+3/p+2/i;;;;1+1. The SMILES string of the molecule is Cl.Oc1ccccc1[PH+](c1ccccc1)c1ccccc1.Oc1ccccc1[PH+](c1ccccc1)c1ccccc1.[O]=[99Tc+3]. The summed E-state index contributed by atoms with van der Waals surface area (Å²) < 4.78 is 8.22. The van der Waals surface area contributed by atoms with Crippen molar-refractivity contribution >= 4 is 60.1 Å². The van der Waals surface area contributed by atoms with Gasteiger partial charge in [-0.3, -0.25) is 0 Å². The van der Waals surface area contributed by atoms with Gasteiger partial charge >= 0.3 is 22.4 Å². The number of phenols is 2. The zero-order valence-electron chi connectivity index (χ0n) is 23.3. The minimum absolute atomic E-state index is 0. The van der Waals surface area contributed by atoms with Gasteiger partial charge in [0, 0.05) is 0 Å². The summed E-state index contributed by atoms with van der Waals surface area (Å²) in [4.78, 5) is 0. The molecular formula is C36H33ClO3P2Tc+5. The van der Waals surface area contributed by atoms with Crippen molar-refractivity contribution in [3.8, 4) is 11.5 Å². The Hall–Kier alpha value is -3.48. The van der Waals surface area contributed by atoms with Gasteiger partial charge in [0.1, 0.15) is 47.7 Å². The molecule has 6 aromatic carbocycles. The minimum atomic E-state index is -1.16. The zero-order valence-corrected chi connectivity index (χ0v) is 27.9. The average molecular weight is 710 g/mol. The second-order valence-corrected chi connectivity index (χ2v) is 14.1. The molecule has 214 valence electrons. The van der Waals surface area contributed by atoms with Gasteiger partial charge < -0.3 is 10.2 Å². The number of para-hydroxylation sites is 2. The monoisotopic (exact) mass is 709 g/mol. The molecule has 0 aliphatic rings. The van der Waals surface area contributed by atoms with Gasteiger partial charge in [-0.1, -0.05) is 97.1 Å². The van der Waals surface area contributed by atoms with Crippen molar-refractivity contribution in [3.05, 3.63) is 170 Å². The fourth-order valence-electron chi connectivity index (χ4n) is 4.74. The van der Waals surface area contributed by atoms with E-state index in [0.29, 0.717) is 11.5 Å². The van der Waals surface area contributed by atoms with Crippen LogP contribution in [0.2, 0.25) is 0 Å². The van der Waals surface area contributed by atoms with E-state index in [2.05, 4.69) is 97.1 Å². The van der Waals surface area contributed by atoms with Crippen LogP contribution in [0.4, 0.5) is 0 Å². The number of halogens is 1. The van der Waals surface area contributed by atoms with E-state index in [4.69, 9.17) is 3.50 Å². The molecule has 0 radical (unpaired) electrons. The molecule has 6 aromatic rings. The van der Waals surface area contributed by atoms with Crippen LogP contribution in [-0.4, -0.2) is 10.2 Å². The van der Waals surface area contributed by atoms with Crippen molar-refractivity contribution in [1.82, 2.24) is 0 Å². The molecule has 0 saturated carbocycles. The van der Waals surface area contributed by atoms with Gasteiger partial charge in [-0.2, -0.15) is 0 Å². The maximum atomic E-state index is 10.2. The fraction of sp³-hybridized carbons (Fsp3) is 0. The number of hydrogen-bond donors (Lipinski definition) is 2. The van der Waals surface area contributed by atoms with Crippen LogP contribution in [0.15, 0.2) is 170 Å². The van der Waals surface area contributed by atoms with Gasteiger partial charge in [-0.25, -0.2) is 0 Å². The Bertz CT molecular complexity index is 1440. The Balaban J connectivity index is 0.000000218. The van der Waals surface area contributed by atoms with E-state index in [0.717, 1.165) is 29.5 Å². The van der Waals surface area contributed by atoms with Crippen molar-refractivity contribution < 1.29 is 32.6 Å². The van der Waals surface area contributed by atoms with Crippen molar-refractivity contribution in [2.24, 2.45) is 0 Å². The van der Waals surface area contributed by atoms with Crippen LogP contribution in [0.1, 0.15) is 0 Å². The molecule has 0 saturated heterocycles. The molecule has 2 N–H and O–H groups in total. The molecule has 0 heterocycles. The first-order chi connectivity index (χ1) is 20.7. The number of benzene rings is 6. The van der Waals surface area contributed by atoms with Gasteiger partial charge in [0.15, 0.2) is 11.5 Å². The molecule has 0 fully saturated rings. The van der Waals surface area contributed by atoms with Crippen molar-refractivity contribution in [1.29, 1.82) is 0 Å². The van der Waals surface area contributed by atoms with E-state index in [1.807, 2.05) is 60.7 Å². The Morgan fingerprint density at radius 3 is 0.791 bits per heavy atom. The summed E-state index contributed by atoms with van der Waals surface area (Å²) in [6, 6.07) is 57.1. The number of phenolic OH excluding ortho intramolecular Hbond substituents is 2. The molecule has 0 amide bonds. The number of aromatic hydroxyl groups is 2. The average Bonchev–Trinajstić information content (AvgIpc) is 3.07. The maximum absolute atomic E-state index is 10.2. The summed E-state index contributed by atoms with van der Waals surface area (Å²) in [7, 11) is -2.31. The van der Waals surface area contributed by atoms with Crippen LogP contribution in [0.25, 0.3) is 0 Å². The molecule has 0 bridgehead atoms.